The van der Waals surface area contributed by atoms with Gasteiger partial charge in [-0.05, 0) is 37.1 Å². The summed E-state index contributed by atoms with van der Waals surface area (Å²) in [4.78, 5) is 0. The van der Waals surface area contributed by atoms with Gasteiger partial charge in [0, 0.05) is 12.1 Å². The average Bonchev–Trinajstić information content (AvgIpc) is 2.72. The van der Waals surface area contributed by atoms with Crippen LogP contribution in [-0.4, -0.2) is 13.2 Å². The van der Waals surface area contributed by atoms with Gasteiger partial charge in [0.2, 0.25) is 0 Å². The molecule has 0 spiro atoms. The quantitative estimate of drug-likeness (QED) is 0.463. The third-order valence-corrected chi connectivity index (χ3v) is 4.34. The smallest absolute Gasteiger partial charge is 0.166 e. The standard InChI is InChI=1S/C24H27NO2.ClH/c1-2-26-23-15-9-14-22(18-25-17-16-20-10-5-3-6-11-20)24(23)27-19-21-12-7-4-8-13-21;/h3-15,25H,2,16-19H2,1H3;1H. The minimum atomic E-state index is 0. The minimum Gasteiger partial charge on any atom is -0.490 e. The Morgan fingerprint density at radius 3 is 2.11 bits per heavy atom. The highest BCUT2D eigenvalue weighted by atomic mass is 35.5. The molecule has 0 aliphatic rings. The maximum atomic E-state index is 6.16. The third kappa shape index (κ3) is 6.59. The number of hydrogen-bond acceptors (Lipinski definition) is 3. The Labute approximate surface area is 174 Å². The zero-order valence-electron chi connectivity index (χ0n) is 16.3. The molecule has 3 nitrogen and oxygen atoms in total. The number of ether oxygens (including phenoxy) is 2. The van der Waals surface area contributed by atoms with Crippen LogP contribution in [0.1, 0.15) is 23.6 Å². The number of para-hydroxylation sites is 1. The zero-order chi connectivity index (χ0) is 18.7. The summed E-state index contributed by atoms with van der Waals surface area (Å²) in [6.07, 6.45) is 1.01. The SMILES string of the molecule is CCOc1cccc(CNCCc2ccccc2)c1OCc1ccccc1.Cl. The first kappa shape index (κ1) is 21.8. The molecule has 3 aromatic carbocycles. The molecule has 28 heavy (non-hydrogen) atoms. The molecular weight excluding hydrogens is 370 g/mol. The lowest BCUT2D eigenvalue weighted by Gasteiger charge is -2.16. The van der Waals surface area contributed by atoms with Crippen molar-refractivity contribution in [3.05, 3.63) is 95.6 Å². The number of nitrogens with one attached hydrogen (secondary N) is 1. The van der Waals surface area contributed by atoms with E-state index in [9.17, 15) is 0 Å². The molecule has 0 saturated heterocycles. The number of hydrogen-bond donors (Lipinski definition) is 1. The largest absolute Gasteiger partial charge is 0.490 e. The zero-order valence-corrected chi connectivity index (χ0v) is 17.1. The fourth-order valence-electron chi connectivity index (χ4n) is 2.96. The second kappa shape index (κ2) is 12.1. The molecule has 0 aliphatic heterocycles. The van der Waals surface area contributed by atoms with Crippen LogP contribution < -0.4 is 14.8 Å². The Kier molecular flexibility index (Phi) is 9.40. The van der Waals surface area contributed by atoms with Gasteiger partial charge in [-0.2, -0.15) is 0 Å². The Balaban J connectivity index is 0.00000280. The summed E-state index contributed by atoms with van der Waals surface area (Å²) < 4.78 is 11.9. The molecule has 3 aromatic rings. The fourth-order valence-corrected chi connectivity index (χ4v) is 2.96. The summed E-state index contributed by atoms with van der Waals surface area (Å²) >= 11 is 0. The van der Waals surface area contributed by atoms with E-state index in [0.717, 1.165) is 42.1 Å². The van der Waals surface area contributed by atoms with E-state index >= 15 is 0 Å². The van der Waals surface area contributed by atoms with Crippen molar-refractivity contribution in [1.82, 2.24) is 5.32 Å². The van der Waals surface area contributed by atoms with Gasteiger partial charge in [-0.15, -0.1) is 12.4 Å². The molecule has 0 heterocycles. The summed E-state index contributed by atoms with van der Waals surface area (Å²) in [5.74, 6) is 1.63. The van der Waals surface area contributed by atoms with Crippen LogP contribution in [0.4, 0.5) is 0 Å². The molecule has 0 saturated carbocycles. The molecule has 0 unspecified atom stereocenters. The Hall–Kier alpha value is -2.49. The Bertz CT molecular complexity index is 809. The highest BCUT2D eigenvalue weighted by Crippen LogP contribution is 2.32. The number of rotatable bonds is 10. The van der Waals surface area contributed by atoms with Gasteiger partial charge in [-0.25, -0.2) is 0 Å². The van der Waals surface area contributed by atoms with Crippen molar-refractivity contribution in [3.8, 4) is 11.5 Å². The lowest BCUT2D eigenvalue weighted by molar-refractivity contribution is 0.266. The monoisotopic (exact) mass is 397 g/mol. The summed E-state index contributed by atoms with van der Waals surface area (Å²) in [6.45, 7) is 4.80. The third-order valence-electron chi connectivity index (χ3n) is 4.34. The van der Waals surface area contributed by atoms with Crippen LogP contribution in [0.5, 0.6) is 11.5 Å². The van der Waals surface area contributed by atoms with Crippen molar-refractivity contribution in [2.75, 3.05) is 13.2 Å². The highest BCUT2D eigenvalue weighted by Gasteiger charge is 2.11. The van der Waals surface area contributed by atoms with Crippen LogP contribution in [0.3, 0.4) is 0 Å². The molecular formula is C24H28ClNO2. The molecule has 0 bridgehead atoms. The second-order valence-electron chi connectivity index (χ2n) is 6.36. The molecule has 0 amide bonds. The van der Waals surface area contributed by atoms with E-state index in [0.29, 0.717) is 13.2 Å². The van der Waals surface area contributed by atoms with Gasteiger partial charge in [-0.3, -0.25) is 0 Å². The maximum Gasteiger partial charge on any atom is 0.166 e. The van der Waals surface area contributed by atoms with Gasteiger partial charge in [0.15, 0.2) is 11.5 Å². The highest BCUT2D eigenvalue weighted by molar-refractivity contribution is 5.85. The summed E-state index contributed by atoms with van der Waals surface area (Å²) in [5, 5.41) is 3.52. The van der Waals surface area contributed by atoms with E-state index in [4.69, 9.17) is 9.47 Å². The molecule has 0 radical (unpaired) electrons. The molecule has 148 valence electrons. The predicted octanol–water partition coefficient (Wildman–Crippen LogP) is 5.42. The average molecular weight is 398 g/mol. The van der Waals surface area contributed by atoms with Crippen molar-refractivity contribution in [2.24, 2.45) is 0 Å². The van der Waals surface area contributed by atoms with E-state index in [2.05, 4.69) is 47.8 Å². The lowest BCUT2D eigenvalue weighted by atomic mass is 10.1. The number of benzene rings is 3. The molecule has 0 atom stereocenters. The van der Waals surface area contributed by atoms with Gasteiger partial charge >= 0.3 is 0 Å². The summed E-state index contributed by atoms with van der Waals surface area (Å²) in [5.41, 5.74) is 3.60. The first-order chi connectivity index (χ1) is 13.4. The fraction of sp³-hybridized carbons (Fsp3) is 0.250. The van der Waals surface area contributed by atoms with Crippen LogP contribution >= 0.6 is 12.4 Å². The first-order valence-corrected chi connectivity index (χ1v) is 9.53. The summed E-state index contributed by atoms with van der Waals surface area (Å²) in [6, 6.07) is 26.8. The molecule has 4 heteroatoms. The van der Waals surface area contributed by atoms with Crippen LogP contribution in [0.15, 0.2) is 78.9 Å². The van der Waals surface area contributed by atoms with E-state index in [1.807, 2.05) is 43.3 Å². The van der Waals surface area contributed by atoms with Crippen molar-refractivity contribution in [1.29, 1.82) is 0 Å². The maximum absolute atomic E-state index is 6.16. The van der Waals surface area contributed by atoms with E-state index in [1.54, 1.807) is 0 Å². The van der Waals surface area contributed by atoms with Crippen LogP contribution in [0, 0.1) is 0 Å². The van der Waals surface area contributed by atoms with E-state index in [-0.39, 0.29) is 12.4 Å². The van der Waals surface area contributed by atoms with Crippen molar-refractivity contribution >= 4 is 12.4 Å². The Morgan fingerprint density at radius 2 is 1.43 bits per heavy atom. The van der Waals surface area contributed by atoms with Gasteiger partial charge in [0.05, 0.1) is 6.61 Å². The van der Waals surface area contributed by atoms with Crippen molar-refractivity contribution in [3.63, 3.8) is 0 Å². The molecule has 3 rings (SSSR count). The van der Waals surface area contributed by atoms with Crippen molar-refractivity contribution in [2.45, 2.75) is 26.5 Å². The van der Waals surface area contributed by atoms with E-state index in [1.165, 1.54) is 5.56 Å². The molecule has 0 aromatic heterocycles. The van der Waals surface area contributed by atoms with Crippen molar-refractivity contribution < 1.29 is 9.47 Å². The molecule has 1 N–H and O–H groups in total. The minimum absolute atomic E-state index is 0. The van der Waals surface area contributed by atoms with Crippen LogP contribution in [-0.2, 0) is 19.6 Å². The van der Waals surface area contributed by atoms with Gasteiger partial charge in [-0.1, -0.05) is 72.8 Å². The van der Waals surface area contributed by atoms with Gasteiger partial charge in [0.25, 0.3) is 0 Å². The normalized spacial score (nSPS) is 10.2. The number of halogens is 1. The molecule has 0 fully saturated rings. The van der Waals surface area contributed by atoms with Gasteiger partial charge in [0.1, 0.15) is 6.61 Å². The summed E-state index contributed by atoms with van der Waals surface area (Å²) in [7, 11) is 0. The van der Waals surface area contributed by atoms with Crippen LogP contribution in [0.25, 0.3) is 0 Å². The lowest BCUT2D eigenvalue weighted by Crippen LogP contribution is -2.17. The molecule has 0 aliphatic carbocycles. The predicted molar refractivity (Wildman–Crippen MR) is 117 cm³/mol. The van der Waals surface area contributed by atoms with E-state index < -0.39 is 0 Å². The first-order valence-electron chi connectivity index (χ1n) is 9.53. The van der Waals surface area contributed by atoms with Gasteiger partial charge < -0.3 is 14.8 Å². The van der Waals surface area contributed by atoms with Crippen LogP contribution in [0.2, 0.25) is 0 Å². The second-order valence-corrected chi connectivity index (χ2v) is 6.36. The Morgan fingerprint density at radius 1 is 0.750 bits per heavy atom. The topological polar surface area (TPSA) is 30.5 Å².